The molecule has 1 aromatic heterocycles. The van der Waals surface area contributed by atoms with Crippen LogP contribution in [-0.4, -0.2) is 15.2 Å². The van der Waals surface area contributed by atoms with E-state index in [1.54, 1.807) is 0 Å². The van der Waals surface area contributed by atoms with Crippen LogP contribution in [0.3, 0.4) is 0 Å². The molecule has 0 saturated carbocycles. The molecule has 1 aromatic rings. The Morgan fingerprint density at radius 2 is 2.40 bits per heavy atom. The van der Waals surface area contributed by atoms with Crippen molar-refractivity contribution in [3.8, 4) is 0 Å². The summed E-state index contributed by atoms with van der Waals surface area (Å²) in [6, 6.07) is 0.0319. The summed E-state index contributed by atoms with van der Waals surface area (Å²) in [6.45, 7) is 2.47. The van der Waals surface area contributed by atoms with Crippen molar-refractivity contribution < 1.29 is 8.78 Å². The molecule has 86 valence electrons. The van der Waals surface area contributed by atoms with Gasteiger partial charge >= 0.3 is 5.38 Å². The van der Waals surface area contributed by atoms with Crippen molar-refractivity contribution in [3.05, 3.63) is 18.0 Å². The molecule has 1 unspecified atom stereocenters. The highest BCUT2D eigenvalue weighted by Gasteiger charge is 2.39. The van der Waals surface area contributed by atoms with Crippen LogP contribution in [0.4, 0.5) is 8.78 Å². The highest BCUT2D eigenvalue weighted by molar-refractivity contribution is 6.22. The number of hydrogen-bond donors (Lipinski definition) is 2. The third-order valence-corrected chi connectivity index (χ3v) is 2.19. The summed E-state index contributed by atoms with van der Waals surface area (Å²) in [6.07, 6.45) is 2.23. The van der Waals surface area contributed by atoms with Gasteiger partial charge in [0.15, 0.2) is 0 Å². The van der Waals surface area contributed by atoms with Crippen LogP contribution in [0.2, 0.25) is 0 Å². The third kappa shape index (κ3) is 2.87. The van der Waals surface area contributed by atoms with Crippen LogP contribution < -0.4 is 11.3 Å². The van der Waals surface area contributed by atoms with E-state index < -0.39 is 11.4 Å². The van der Waals surface area contributed by atoms with Gasteiger partial charge in [-0.1, -0.05) is 6.92 Å². The Hall–Kier alpha value is -0.720. The lowest BCUT2D eigenvalue weighted by Crippen LogP contribution is -2.39. The third-order valence-electron chi connectivity index (χ3n) is 1.97. The number of halogens is 3. The number of aryl methyl sites for hydroxylation is 1. The molecule has 1 rings (SSSR count). The summed E-state index contributed by atoms with van der Waals surface area (Å²) >= 11 is 4.95. The second-order valence-electron chi connectivity index (χ2n) is 3.12. The van der Waals surface area contributed by atoms with Gasteiger partial charge in [-0.3, -0.25) is 10.5 Å². The Kier molecular flexibility index (Phi) is 4.01. The first-order valence-electron chi connectivity index (χ1n) is 4.55. The number of hydrogen-bond acceptors (Lipinski definition) is 3. The van der Waals surface area contributed by atoms with Crippen molar-refractivity contribution in [1.82, 2.24) is 15.2 Å². The van der Waals surface area contributed by atoms with E-state index in [2.05, 4.69) is 5.10 Å². The summed E-state index contributed by atoms with van der Waals surface area (Å²) in [7, 11) is 0. The monoisotopic (exact) mass is 238 g/mol. The molecular weight excluding hydrogens is 226 g/mol. The Balaban J connectivity index is 2.96. The topological polar surface area (TPSA) is 55.9 Å². The Morgan fingerprint density at radius 1 is 1.73 bits per heavy atom. The molecule has 0 aliphatic heterocycles. The zero-order valence-corrected chi connectivity index (χ0v) is 9.01. The first-order chi connectivity index (χ1) is 7.00. The van der Waals surface area contributed by atoms with Crippen LogP contribution in [0, 0.1) is 0 Å². The molecule has 0 radical (unpaired) electrons. The summed E-state index contributed by atoms with van der Waals surface area (Å²) in [4.78, 5) is 0. The average molecular weight is 239 g/mol. The zero-order chi connectivity index (χ0) is 11.5. The van der Waals surface area contributed by atoms with Crippen LogP contribution in [0.15, 0.2) is 12.3 Å². The number of aromatic nitrogens is 2. The zero-order valence-electron chi connectivity index (χ0n) is 8.25. The average Bonchev–Trinajstić information content (AvgIpc) is 2.53. The number of rotatable bonds is 5. The minimum absolute atomic E-state index is 0.277. The van der Waals surface area contributed by atoms with Crippen molar-refractivity contribution in [2.45, 2.75) is 31.3 Å². The lowest BCUT2D eigenvalue weighted by Gasteiger charge is -2.21. The van der Waals surface area contributed by atoms with E-state index in [4.69, 9.17) is 17.4 Å². The molecule has 1 heterocycles. The van der Waals surface area contributed by atoms with Gasteiger partial charge in [0.25, 0.3) is 0 Å². The van der Waals surface area contributed by atoms with Gasteiger partial charge in [0, 0.05) is 12.7 Å². The van der Waals surface area contributed by atoms with E-state index in [9.17, 15) is 8.78 Å². The summed E-state index contributed by atoms with van der Waals surface area (Å²) in [5, 5.41) is 0.473. The molecule has 1 atom stereocenters. The second kappa shape index (κ2) is 4.87. The van der Waals surface area contributed by atoms with Gasteiger partial charge in [-0.2, -0.15) is 13.9 Å². The number of nitrogens with zero attached hydrogens (tertiary/aromatic N) is 2. The molecule has 4 nitrogen and oxygen atoms in total. The van der Waals surface area contributed by atoms with Gasteiger partial charge in [-0.25, -0.2) is 5.43 Å². The van der Waals surface area contributed by atoms with E-state index >= 15 is 0 Å². The molecule has 0 amide bonds. The SMILES string of the molecule is CCCn1nccc1C(NN)C(F)(F)Cl. The molecule has 0 aliphatic rings. The van der Waals surface area contributed by atoms with Crippen LogP contribution in [-0.2, 0) is 6.54 Å². The fourth-order valence-corrected chi connectivity index (χ4v) is 1.51. The number of alkyl halides is 3. The first kappa shape index (κ1) is 12.4. The fourth-order valence-electron chi connectivity index (χ4n) is 1.33. The van der Waals surface area contributed by atoms with Gasteiger partial charge < -0.3 is 0 Å². The van der Waals surface area contributed by atoms with Crippen LogP contribution in [0.1, 0.15) is 25.1 Å². The molecule has 7 heteroatoms. The molecule has 3 N–H and O–H groups in total. The Bertz CT molecular complexity index is 310. The molecule has 0 aromatic carbocycles. The van der Waals surface area contributed by atoms with Gasteiger partial charge in [0.2, 0.25) is 0 Å². The highest BCUT2D eigenvalue weighted by atomic mass is 35.5. The molecule has 0 spiro atoms. The lowest BCUT2D eigenvalue weighted by atomic mass is 10.2. The van der Waals surface area contributed by atoms with Crippen molar-refractivity contribution >= 4 is 11.6 Å². The van der Waals surface area contributed by atoms with Gasteiger partial charge in [-0.15, -0.1) is 0 Å². The maximum Gasteiger partial charge on any atom is 0.343 e. The summed E-state index contributed by atoms with van der Waals surface area (Å²) in [5.74, 6) is 5.06. The van der Waals surface area contributed by atoms with Gasteiger partial charge in [0.1, 0.15) is 6.04 Å². The standard InChI is InChI=1S/C8H13ClF2N4/c1-2-5-15-6(3-4-13-15)7(14-12)8(9,10)11/h3-4,7,14H,2,5,12H2,1H3. The second-order valence-corrected chi connectivity index (χ2v) is 3.62. The molecule has 0 bridgehead atoms. The number of hydrazine groups is 1. The predicted octanol–water partition coefficient (Wildman–Crippen LogP) is 1.63. The van der Waals surface area contributed by atoms with E-state index in [1.165, 1.54) is 16.9 Å². The molecular formula is C8H13ClF2N4. The maximum absolute atomic E-state index is 13.0. The number of nitrogens with two attached hydrogens (primary N) is 1. The molecule has 0 saturated heterocycles. The van der Waals surface area contributed by atoms with Crippen molar-refractivity contribution in [1.29, 1.82) is 0 Å². The fraction of sp³-hybridized carbons (Fsp3) is 0.625. The van der Waals surface area contributed by atoms with Crippen molar-refractivity contribution in [2.75, 3.05) is 0 Å². The van der Waals surface area contributed by atoms with Crippen LogP contribution >= 0.6 is 11.6 Å². The summed E-state index contributed by atoms with van der Waals surface area (Å²) in [5.41, 5.74) is 2.28. The van der Waals surface area contributed by atoms with E-state index in [0.29, 0.717) is 6.54 Å². The lowest BCUT2D eigenvalue weighted by molar-refractivity contribution is 0.0461. The smallest absolute Gasteiger partial charge is 0.271 e. The van der Waals surface area contributed by atoms with Crippen molar-refractivity contribution in [3.63, 3.8) is 0 Å². The number of nitrogens with one attached hydrogen (secondary N) is 1. The predicted molar refractivity (Wildman–Crippen MR) is 53.4 cm³/mol. The molecule has 0 fully saturated rings. The van der Waals surface area contributed by atoms with Crippen LogP contribution in [0.5, 0.6) is 0 Å². The highest BCUT2D eigenvalue weighted by Crippen LogP contribution is 2.34. The van der Waals surface area contributed by atoms with Gasteiger partial charge in [0.05, 0.1) is 5.69 Å². The van der Waals surface area contributed by atoms with E-state index in [-0.39, 0.29) is 5.69 Å². The van der Waals surface area contributed by atoms with E-state index in [0.717, 1.165) is 6.42 Å². The first-order valence-corrected chi connectivity index (χ1v) is 4.93. The minimum Gasteiger partial charge on any atom is -0.271 e. The van der Waals surface area contributed by atoms with Crippen LogP contribution in [0.25, 0.3) is 0 Å². The normalized spacial score (nSPS) is 14.2. The minimum atomic E-state index is -3.44. The summed E-state index contributed by atoms with van der Waals surface area (Å²) < 4.78 is 27.4. The largest absolute Gasteiger partial charge is 0.343 e. The Labute approximate surface area is 91.4 Å². The quantitative estimate of drug-likeness (QED) is 0.466. The Morgan fingerprint density at radius 3 is 2.87 bits per heavy atom. The van der Waals surface area contributed by atoms with Crippen molar-refractivity contribution in [2.24, 2.45) is 5.84 Å². The molecule has 15 heavy (non-hydrogen) atoms. The molecule has 0 aliphatic carbocycles. The maximum atomic E-state index is 13.0. The van der Waals surface area contributed by atoms with Gasteiger partial charge in [-0.05, 0) is 24.1 Å². The van der Waals surface area contributed by atoms with E-state index in [1.807, 2.05) is 12.3 Å².